The van der Waals surface area contributed by atoms with Crippen LogP contribution in [0.5, 0.6) is 0 Å². The van der Waals surface area contributed by atoms with Crippen molar-refractivity contribution in [2.75, 3.05) is 20.3 Å². The highest BCUT2D eigenvalue weighted by Crippen LogP contribution is 2.02. The van der Waals surface area contributed by atoms with Crippen molar-refractivity contribution in [1.29, 1.82) is 0 Å². The van der Waals surface area contributed by atoms with Crippen molar-refractivity contribution in [3.63, 3.8) is 0 Å². The minimum Gasteiger partial charge on any atom is -0.323 e. The third-order valence-electron chi connectivity index (χ3n) is 2.34. The van der Waals surface area contributed by atoms with Crippen LogP contribution in [0, 0.1) is 0 Å². The lowest BCUT2D eigenvalue weighted by molar-refractivity contribution is -0.514. The summed E-state index contributed by atoms with van der Waals surface area (Å²) in [4.78, 5) is 2.37. The van der Waals surface area contributed by atoms with Crippen molar-refractivity contribution >= 4 is 6.21 Å². The molecule has 0 atom stereocenters. The Hall–Kier alpha value is -0.790. The summed E-state index contributed by atoms with van der Waals surface area (Å²) in [6.45, 7) is 4.50. The van der Waals surface area contributed by atoms with Crippen LogP contribution in [0.3, 0.4) is 0 Å². The molecule has 0 fully saturated rings. The van der Waals surface area contributed by atoms with Crippen molar-refractivity contribution in [1.82, 2.24) is 4.90 Å². The third-order valence-corrected chi connectivity index (χ3v) is 2.34. The van der Waals surface area contributed by atoms with Gasteiger partial charge in [0.1, 0.15) is 7.05 Å². The van der Waals surface area contributed by atoms with Gasteiger partial charge in [0.15, 0.2) is 6.21 Å². The third kappa shape index (κ3) is 4.11. The van der Waals surface area contributed by atoms with Gasteiger partial charge in [0.05, 0.1) is 0 Å². The quantitative estimate of drug-likeness (QED) is 0.465. The molecule has 0 unspecified atom stereocenters. The lowest BCUT2D eigenvalue weighted by Crippen LogP contribution is -2.30. The Bertz CT molecular complexity index is 194. The van der Waals surface area contributed by atoms with E-state index in [1.807, 2.05) is 0 Å². The zero-order valence-electron chi connectivity index (χ0n) is 8.87. The lowest BCUT2D eigenvalue weighted by atomic mass is 10.2. The van der Waals surface area contributed by atoms with Crippen LogP contribution in [-0.2, 0) is 0 Å². The molecule has 2 nitrogen and oxygen atoms in total. The van der Waals surface area contributed by atoms with Crippen LogP contribution in [0.4, 0.5) is 0 Å². The van der Waals surface area contributed by atoms with Crippen molar-refractivity contribution in [2.45, 2.75) is 32.6 Å². The van der Waals surface area contributed by atoms with Crippen LogP contribution in [0.1, 0.15) is 32.6 Å². The fraction of sp³-hybridized carbons (Fsp3) is 0.727. The number of nitrogens with zero attached hydrogens (tertiary/aromatic N) is 2. The summed E-state index contributed by atoms with van der Waals surface area (Å²) in [5, 5.41) is 0. The molecule has 0 aromatic heterocycles. The van der Waals surface area contributed by atoms with E-state index in [0.717, 1.165) is 6.67 Å². The van der Waals surface area contributed by atoms with Crippen LogP contribution in [0.25, 0.3) is 0 Å². The zero-order chi connectivity index (χ0) is 9.52. The van der Waals surface area contributed by atoms with Gasteiger partial charge in [-0.3, -0.25) is 0 Å². The first-order valence-corrected chi connectivity index (χ1v) is 5.29. The Labute approximate surface area is 81.6 Å². The Balaban J connectivity index is 2.10. The van der Waals surface area contributed by atoms with E-state index in [-0.39, 0.29) is 0 Å². The minimum absolute atomic E-state index is 1.04. The van der Waals surface area contributed by atoms with Crippen molar-refractivity contribution < 1.29 is 4.58 Å². The fourth-order valence-corrected chi connectivity index (χ4v) is 1.57. The number of hydrogen-bond acceptors (Lipinski definition) is 1. The predicted molar refractivity (Wildman–Crippen MR) is 57.1 cm³/mol. The molecule has 0 aromatic rings. The maximum atomic E-state index is 2.37. The van der Waals surface area contributed by atoms with Crippen molar-refractivity contribution in [3.05, 3.63) is 12.3 Å². The molecule has 0 N–H and O–H groups in total. The molecule has 13 heavy (non-hydrogen) atoms. The molecule has 0 saturated carbocycles. The van der Waals surface area contributed by atoms with Gasteiger partial charge in [-0.05, 0) is 6.42 Å². The molecule has 0 radical (unpaired) electrons. The van der Waals surface area contributed by atoms with E-state index in [4.69, 9.17) is 0 Å². The van der Waals surface area contributed by atoms with E-state index in [1.54, 1.807) is 0 Å². The van der Waals surface area contributed by atoms with Gasteiger partial charge in [-0.2, -0.15) is 0 Å². The molecule has 1 aliphatic rings. The molecule has 1 aliphatic heterocycles. The first kappa shape index (κ1) is 10.3. The Kier molecular flexibility index (Phi) is 4.58. The molecule has 2 heteroatoms. The summed E-state index contributed by atoms with van der Waals surface area (Å²) in [6.07, 6.45) is 11.8. The van der Waals surface area contributed by atoms with Gasteiger partial charge in [0.2, 0.25) is 6.67 Å². The van der Waals surface area contributed by atoms with Gasteiger partial charge < -0.3 is 4.90 Å². The molecule has 0 aliphatic carbocycles. The van der Waals surface area contributed by atoms with Crippen molar-refractivity contribution in [3.8, 4) is 0 Å². The van der Waals surface area contributed by atoms with E-state index in [1.165, 1.54) is 32.2 Å². The van der Waals surface area contributed by atoms with Crippen LogP contribution < -0.4 is 0 Å². The highest BCUT2D eigenvalue weighted by Gasteiger charge is 2.06. The number of allylic oxidation sites excluding steroid dienone is 1. The highest BCUT2D eigenvalue weighted by atomic mass is 15.2. The standard InChI is InChI=1S/C11H21N2/c1-3-4-5-6-9-13-10-7-8-12(2)11-13/h7-8,10H,3-6,9,11H2,1-2H3/q+1. The molecular formula is C11H21N2+. The molecule has 1 rings (SSSR count). The van der Waals surface area contributed by atoms with E-state index < -0.39 is 0 Å². The van der Waals surface area contributed by atoms with E-state index >= 15 is 0 Å². The second-order valence-electron chi connectivity index (χ2n) is 3.76. The molecule has 0 bridgehead atoms. The number of rotatable bonds is 5. The summed E-state index contributed by atoms with van der Waals surface area (Å²) >= 11 is 0. The summed E-state index contributed by atoms with van der Waals surface area (Å²) in [5.41, 5.74) is 0. The second-order valence-corrected chi connectivity index (χ2v) is 3.76. The lowest BCUT2D eigenvalue weighted by Gasteiger charge is -2.18. The molecule has 0 aromatic carbocycles. The molecule has 0 spiro atoms. The number of unbranched alkanes of at least 4 members (excludes halogenated alkanes) is 3. The highest BCUT2D eigenvalue weighted by molar-refractivity contribution is 5.66. The smallest absolute Gasteiger partial charge is 0.217 e. The topological polar surface area (TPSA) is 6.25 Å². The van der Waals surface area contributed by atoms with Gasteiger partial charge >= 0.3 is 0 Å². The van der Waals surface area contributed by atoms with Crippen molar-refractivity contribution in [2.24, 2.45) is 0 Å². The Morgan fingerprint density at radius 3 is 2.85 bits per heavy atom. The SMILES string of the molecule is CCCCCCN1C=CC=[N+](C)C1. The average molecular weight is 181 g/mol. The largest absolute Gasteiger partial charge is 0.323 e. The molecule has 74 valence electrons. The van der Waals surface area contributed by atoms with Gasteiger partial charge in [-0.15, -0.1) is 0 Å². The maximum Gasteiger partial charge on any atom is 0.217 e. The summed E-state index contributed by atoms with van der Waals surface area (Å²) in [5.74, 6) is 0. The van der Waals surface area contributed by atoms with E-state index in [2.05, 4.69) is 41.9 Å². The summed E-state index contributed by atoms with van der Waals surface area (Å²) in [7, 11) is 2.11. The minimum atomic E-state index is 1.04. The summed E-state index contributed by atoms with van der Waals surface area (Å²) in [6, 6.07) is 0. The van der Waals surface area contributed by atoms with E-state index in [0.29, 0.717) is 0 Å². The molecular weight excluding hydrogens is 160 g/mol. The Morgan fingerprint density at radius 2 is 2.15 bits per heavy atom. The van der Waals surface area contributed by atoms with Gasteiger partial charge in [0.25, 0.3) is 0 Å². The van der Waals surface area contributed by atoms with Gasteiger partial charge in [-0.25, -0.2) is 4.58 Å². The van der Waals surface area contributed by atoms with Crippen LogP contribution in [0.15, 0.2) is 12.3 Å². The normalized spacial score (nSPS) is 16.2. The van der Waals surface area contributed by atoms with Crippen LogP contribution >= 0.6 is 0 Å². The second kappa shape index (κ2) is 5.79. The number of hydrogen-bond donors (Lipinski definition) is 0. The monoisotopic (exact) mass is 181 g/mol. The fourth-order valence-electron chi connectivity index (χ4n) is 1.57. The van der Waals surface area contributed by atoms with Gasteiger partial charge in [-0.1, -0.05) is 26.2 Å². The maximum absolute atomic E-state index is 2.37. The first-order valence-electron chi connectivity index (χ1n) is 5.29. The van der Waals surface area contributed by atoms with Crippen LogP contribution in [-0.4, -0.2) is 36.0 Å². The molecule has 0 saturated heterocycles. The average Bonchev–Trinajstić information content (AvgIpc) is 2.13. The Morgan fingerprint density at radius 1 is 1.31 bits per heavy atom. The van der Waals surface area contributed by atoms with Gasteiger partial charge in [0, 0.05) is 18.8 Å². The molecule has 1 heterocycles. The summed E-state index contributed by atoms with van der Waals surface area (Å²) < 4.78 is 2.21. The first-order chi connectivity index (χ1) is 6.33. The zero-order valence-corrected chi connectivity index (χ0v) is 8.87. The predicted octanol–water partition coefficient (Wildman–Crippen LogP) is 2.07. The molecule has 0 amide bonds. The van der Waals surface area contributed by atoms with E-state index in [9.17, 15) is 0 Å². The van der Waals surface area contributed by atoms with Crippen LogP contribution in [0.2, 0.25) is 0 Å².